The van der Waals surface area contributed by atoms with Crippen LogP contribution in [0, 0.1) is 0 Å². The van der Waals surface area contributed by atoms with Crippen molar-refractivity contribution < 1.29 is 13.2 Å². The smallest absolute Gasteiger partial charge is 0.212 e. The molecule has 8 nitrogen and oxygen atoms in total. The Balaban J connectivity index is 1.85. The lowest BCUT2D eigenvalue weighted by Crippen LogP contribution is -2.42. The molecule has 1 unspecified atom stereocenters. The minimum Gasteiger partial charge on any atom is -0.384 e. The number of nitrogens with zero attached hydrogens (tertiary/aromatic N) is 3. The van der Waals surface area contributed by atoms with Crippen molar-refractivity contribution in [2.75, 3.05) is 30.3 Å². The van der Waals surface area contributed by atoms with Gasteiger partial charge < -0.3 is 20.4 Å². The van der Waals surface area contributed by atoms with Crippen molar-refractivity contribution in [2.24, 2.45) is 0 Å². The van der Waals surface area contributed by atoms with Crippen molar-refractivity contribution in [3.05, 3.63) is 36.7 Å². The second-order valence-corrected chi connectivity index (χ2v) is 8.34. The van der Waals surface area contributed by atoms with Crippen LogP contribution < -0.4 is 10.6 Å². The number of nitrogen functional groups attached to an aromatic ring is 1. The predicted octanol–water partition coefficient (Wildman–Crippen LogP) is 1.99. The Labute approximate surface area is 157 Å². The topological polar surface area (TPSA) is 114 Å². The lowest BCUT2D eigenvalue weighted by atomic mass is 10.2. The molecule has 1 aliphatic heterocycles. The number of H-pyrrole nitrogens is 1. The molecular weight excluding hydrogens is 366 g/mol. The second kappa shape index (κ2) is 6.82. The number of benzene rings is 1. The van der Waals surface area contributed by atoms with Crippen LogP contribution in [0.15, 0.2) is 46.5 Å². The highest BCUT2D eigenvalue weighted by Crippen LogP contribution is 2.35. The standard InChI is InChI=1S/C18H21N5O3S/c1-2-12-10-23(8-9-26-12)18-15-14(20-11-21-18)16(17(19)22-15)27(24,25)13-6-4-3-5-7-13/h3-7,11-12,22H,2,8-10,19H2,1H3. The van der Waals surface area contributed by atoms with Gasteiger partial charge in [-0.05, 0) is 18.6 Å². The molecule has 2 aromatic heterocycles. The molecule has 1 atom stereocenters. The van der Waals surface area contributed by atoms with Crippen molar-refractivity contribution >= 4 is 32.5 Å². The van der Waals surface area contributed by atoms with Crippen molar-refractivity contribution in [2.45, 2.75) is 29.2 Å². The van der Waals surface area contributed by atoms with Gasteiger partial charge in [-0.2, -0.15) is 0 Å². The number of hydrogen-bond donors (Lipinski definition) is 2. The van der Waals surface area contributed by atoms with Crippen LogP contribution in [0.2, 0.25) is 0 Å². The summed E-state index contributed by atoms with van der Waals surface area (Å²) in [4.78, 5) is 13.9. The van der Waals surface area contributed by atoms with Crippen LogP contribution in [-0.2, 0) is 14.6 Å². The van der Waals surface area contributed by atoms with Crippen LogP contribution in [0.25, 0.3) is 11.0 Å². The Kier molecular flexibility index (Phi) is 4.48. The molecule has 3 heterocycles. The zero-order valence-electron chi connectivity index (χ0n) is 14.9. The Morgan fingerprint density at radius 3 is 2.81 bits per heavy atom. The maximum absolute atomic E-state index is 13.1. The lowest BCUT2D eigenvalue weighted by Gasteiger charge is -2.33. The Morgan fingerprint density at radius 2 is 2.07 bits per heavy atom. The third kappa shape index (κ3) is 3.02. The van der Waals surface area contributed by atoms with E-state index in [1.165, 1.54) is 6.33 Å². The highest BCUT2D eigenvalue weighted by atomic mass is 32.2. The van der Waals surface area contributed by atoms with Crippen LogP contribution in [0.4, 0.5) is 11.6 Å². The summed E-state index contributed by atoms with van der Waals surface area (Å²) < 4.78 is 32.0. The summed E-state index contributed by atoms with van der Waals surface area (Å²) in [5.41, 5.74) is 6.92. The van der Waals surface area contributed by atoms with Crippen LogP contribution in [0.5, 0.6) is 0 Å². The minimum absolute atomic E-state index is 0.00680. The first kappa shape index (κ1) is 17.7. The molecule has 1 saturated heterocycles. The molecule has 0 aliphatic carbocycles. The predicted molar refractivity (Wildman–Crippen MR) is 102 cm³/mol. The number of nitrogens with one attached hydrogen (secondary N) is 1. The fourth-order valence-electron chi connectivity index (χ4n) is 3.37. The highest BCUT2D eigenvalue weighted by Gasteiger charge is 2.29. The molecule has 0 radical (unpaired) electrons. The van der Waals surface area contributed by atoms with Gasteiger partial charge in [0.1, 0.15) is 28.1 Å². The van der Waals surface area contributed by atoms with Gasteiger partial charge in [0.2, 0.25) is 9.84 Å². The molecule has 1 aromatic carbocycles. The largest absolute Gasteiger partial charge is 0.384 e. The highest BCUT2D eigenvalue weighted by molar-refractivity contribution is 7.92. The zero-order chi connectivity index (χ0) is 19.0. The van der Waals surface area contributed by atoms with E-state index in [4.69, 9.17) is 10.5 Å². The van der Waals surface area contributed by atoms with E-state index in [1.54, 1.807) is 30.3 Å². The zero-order valence-corrected chi connectivity index (χ0v) is 15.7. The average Bonchev–Trinajstić information content (AvgIpc) is 3.05. The first-order chi connectivity index (χ1) is 13.0. The molecule has 27 heavy (non-hydrogen) atoms. The van der Waals surface area contributed by atoms with Crippen molar-refractivity contribution in [1.29, 1.82) is 0 Å². The number of sulfone groups is 1. The van der Waals surface area contributed by atoms with Gasteiger partial charge >= 0.3 is 0 Å². The monoisotopic (exact) mass is 387 g/mol. The number of anilines is 2. The van der Waals surface area contributed by atoms with Crippen LogP contribution >= 0.6 is 0 Å². The van der Waals surface area contributed by atoms with E-state index < -0.39 is 9.84 Å². The summed E-state index contributed by atoms with van der Waals surface area (Å²) in [5.74, 6) is 0.707. The van der Waals surface area contributed by atoms with Crippen molar-refractivity contribution in [3.63, 3.8) is 0 Å². The molecule has 3 N–H and O–H groups in total. The maximum Gasteiger partial charge on any atom is 0.212 e. The van der Waals surface area contributed by atoms with Crippen molar-refractivity contribution in [1.82, 2.24) is 15.0 Å². The Bertz CT molecular complexity index is 1070. The normalized spacial score (nSPS) is 18.1. The fraction of sp³-hybridized carbons (Fsp3) is 0.333. The molecular formula is C18H21N5O3S. The number of fused-ring (bicyclic) bond motifs is 1. The lowest BCUT2D eigenvalue weighted by molar-refractivity contribution is 0.0382. The van der Waals surface area contributed by atoms with Gasteiger partial charge in [-0.1, -0.05) is 25.1 Å². The molecule has 0 bridgehead atoms. The van der Waals surface area contributed by atoms with E-state index in [0.29, 0.717) is 36.5 Å². The quantitative estimate of drug-likeness (QED) is 0.703. The van der Waals surface area contributed by atoms with Gasteiger partial charge in [0, 0.05) is 13.1 Å². The third-order valence-corrected chi connectivity index (χ3v) is 6.61. The first-order valence-corrected chi connectivity index (χ1v) is 10.3. The summed E-state index contributed by atoms with van der Waals surface area (Å²) in [6.45, 7) is 4.01. The third-order valence-electron chi connectivity index (χ3n) is 4.76. The van der Waals surface area contributed by atoms with Gasteiger partial charge in [0.25, 0.3) is 0 Å². The number of ether oxygens (including phenoxy) is 1. The van der Waals surface area contributed by atoms with Crippen molar-refractivity contribution in [3.8, 4) is 0 Å². The SMILES string of the molecule is CCC1CN(c2ncnc3c(S(=O)(=O)c4ccccc4)c(N)[nH]c23)CCO1. The van der Waals surface area contributed by atoms with Crippen LogP contribution in [0.3, 0.4) is 0 Å². The van der Waals surface area contributed by atoms with Crippen LogP contribution in [0.1, 0.15) is 13.3 Å². The van der Waals surface area contributed by atoms with E-state index >= 15 is 0 Å². The molecule has 0 saturated carbocycles. The minimum atomic E-state index is -3.81. The van der Waals surface area contributed by atoms with Gasteiger partial charge in [-0.25, -0.2) is 18.4 Å². The maximum atomic E-state index is 13.1. The van der Waals surface area contributed by atoms with E-state index in [1.807, 2.05) is 0 Å². The molecule has 3 aromatic rings. The number of hydrogen-bond acceptors (Lipinski definition) is 7. The molecule has 1 fully saturated rings. The molecule has 1 aliphatic rings. The summed E-state index contributed by atoms with van der Waals surface area (Å²) in [6, 6.07) is 8.21. The number of nitrogens with two attached hydrogens (primary N) is 1. The molecule has 4 rings (SSSR count). The summed E-state index contributed by atoms with van der Waals surface area (Å²) in [6.07, 6.45) is 2.39. The molecule has 0 spiro atoms. The number of aromatic nitrogens is 3. The van der Waals surface area contributed by atoms with E-state index in [9.17, 15) is 8.42 Å². The van der Waals surface area contributed by atoms with E-state index in [0.717, 1.165) is 6.42 Å². The summed E-state index contributed by atoms with van der Waals surface area (Å²) >= 11 is 0. The van der Waals surface area contributed by atoms with Gasteiger partial charge in [0.05, 0.1) is 17.6 Å². The number of aromatic amines is 1. The molecule has 9 heteroatoms. The van der Waals surface area contributed by atoms with Gasteiger partial charge in [-0.3, -0.25) is 0 Å². The van der Waals surface area contributed by atoms with Gasteiger partial charge in [-0.15, -0.1) is 0 Å². The van der Waals surface area contributed by atoms with Gasteiger partial charge in [0.15, 0.2) is 5.82 Å². The molecule has 142 valence electrons. The van der Waals surface area contributed by atoms with Crippen LogP contribution in [-0.4, -0.2) is 49.2 Å². The van der Waals surface area contributed by atoms with E-state index in [-0.39, 0.29) is 21.7 Å². The summed E-state index contributed by atoms with van der Waals surface area (Å²) in [5, 5.41) is 0. The van der Waals surface area contributed by atoms with E-state index in [2.05, 4.69) is 26.8 Å². The first-order valence-electron chi connectivity index (χ1n) is 8.81. The molecule has 0 amide bonds. The number of rotatable bonds is 4. The second-order valence-electron chi connectivity index (χ2n) is 6.45. The summed E-state index contributed by atoms with van der Waals surface area (Å²) in [7, 11) is -3.81. The fourth-order valence-corrected chi connectivity index (χ4v) is 4.87. The number of morpholine rings is 1. The average molecular weight is 387 g/mol. The Morgan fingerprint density at radius 1 is 1.30 bits per heavy atom. The Hall–Kier alpha value is -2.65.